The van der Waals surface area contributed by atoms with E-state index in [4.69, 9.17) is 9.68 Å². The SMILES string of the molecule is COC(C)(C)N(C)ON(C)[O-]. The lowest BCUT2D eigenvalue weighted by molar-refractivity contribution is -0.359. The van der Waals surface area contributed by atoms with Crippen molar-refractivity contribution >= 4 is 0 Å². The highest BCUT2D eigenvalue weighted by Gasteiger charge is 2.23. The molecule has 0 rings (SSSR count). The topological polar surface area (TPSA) is 48.0 Å². The van der Waals surface area contributed by atoms with Crippen molar-refractivity contribution in [3.63, 3.8) is 0 Å². The second-order valence-electron chi connectivity index (χ2n) is 2.67. The van der Waals surface area contributed by atoms with Gasteiger partial charge < -0.3 is 9.94 Å². The summed E-state index contributed by atoms with van der Waals surface area (Å²) in [6, 6.07) is 0. The molecule has 0 amide bonds. The lowest BCUT2D eigenvalue weighted by Gasteiger charge is -2.36. The van der Waals surface area contributed by atoms with Gasteiger partial charge in [0.1, 0.15) is 5.72 Å². The number of ether oxygens (including phenoxy) is 1. The van der Waals surface area contributed by atoms with E-state index in [0.717, 1.165) is 0 Å². The summed E-state index contributed by atoms with van der Waals surface area (Å²) in [5, 5.41) is 12.1. The first-order valence-electron chi connectivity index (χ1n) is 3.28. The van der Waals surface area contributed by atoms with E-state index in [1.165, 1.54) is 12.1 Å². The molecule has 11 heavy (non-hydrogen) atoms. The molecule has 0 aromatic rings. The molecule has 0 bridgehead atoms. The summed E-state index contributed by atoms with van der Waals surface area (Å²) in [6.07, 6.45) is 0. The van der Waals surface area contributed by atoms with Crippen LogP contribution in [-0.4, -0.2) is 37.2 Å². The van der Waals surface area contributed by atoms with Crippen LogP contribution in [-0.2, 0) is 9.68 Å². The molecular weight excluding hydrogens is 148 g/mol. The maximum absolute atomic E-state index is 10.4. The zero-order valence-corrected chi connectivity index (χ0v) is 7.62. The lowest BCUT2D eigenvalue weighted by Crippen LogP contribution is -2.44. The molecule has 68 valence electrons. The van der Waals surface area contributed by atoms with Crippen molar-refractivity contribution in [2.45, 2.75) is 19.6 Å². The van der Waals surface area contributed by atoms with Crippen LogP contribution in [0.15, 0.2) is 0 Å². The number of hydrogen-bond acceptors (Lipinski definition) is 5. The van der Waals surface area contributed by atoms with Gasteiger partial charge in [0.2, 0.25) is 0 Å². The summed E-state index contributed by atoms with van der Waals surface area (Å²) < 4.78 is 5.04. The molecular formula is C6H15N2O3-. The average molecular weight is 163 g/mol. The quantitative estimate of drug-likeness (QED) is 0.448. The first-order valence-corrected chi connectivity index (χ1v) is 3.28. The Hall–Kier alpha value is -0.200. The Balaban J connectivity index is 3.90. The second kappa shape index (κ2) is 3.99. The monoisotopic (exact) mass is 163 g/mol. The maximum atomic E-state index is 10.4. The maximum Gasteiger partial charge on any atom is 0.139 e. The molecule has 0 saturated carbocycles. The largest absolute Gasteiger partial charge is 0.761 e. The molecule has 0 radical (unpaired) electrons. The molecule has 0 spiro atoms. The van der Waals surface area contributed by atoms with Gasteiger partial charge in [-0.2, -0.15) is 0 Å². The van der Waals surface area contributed by atoms with Gasteiger partial charge in [-0.25, -0.2) is 10.2 Å². The van der Waals surface area contributed by atoms with Gasteiger partial charge in [0.05, 0.1) is 0 Å². The Morgan fingerprint density at radius 1 is 1.27 bits per heavy atom. The van der Waals surface area contributed by atoms with E-state index in [0.29, 0.717) is 5.23 Å². The number of nitrogens with zero attached hydrogens (tertiary/aromatic N) is 2. The van der Waals surface area contributed by atoms with Gasteiger partial charge in [0.15, 0.2) is 0 Å². The lowest BCUT2D eigenvalue weighted by atomic mass is 10.3. The van der Waals surface area contributed by atoms with Gasteiger partial charge in [0.25, 0.3) is 0 Å². The van der Waals surface area contributed by atoms with Crippen LogP contribution in [0.4, 0.5) is 0 Å². The standard InChI is InChI=1S/C6H15N2O3/c1-6(2,10-5)7(3)11-8(4)9/h1-5H3/q-1. The predicted octanol–water partition coefficient (Wildman–Crippen LogP) is 0.577. The zero-order valence-electron chi connectivity index (χ0n) is 7.62. The molecule has 0 saturated heterocycles. The number of methoxy groups -OCH3 is 1. The van der Waals surface area contributed by atoms with Crippen LogP contribution >= 0.6 is 0 Å². The highest BCUT2D eigenvalue weighted by atomic mass is 17.0. The summed E-state index contributed by atoms with van der Waals surface area (Å²) in [7, 11) is 4.44. The molecule has 0 aliphatic carbocycles. The van der Waals surface area contributed by atoms with Gasteiger partial charge >= 0.3 is 0 Å². The summed E-state index contributed by atoms with van der Waals surface area (Å²) in [5.41, 5.74) is -0.599. The van der Waals surface area contributed by atoms with Crippen LogP contribution in [0.1, 0.15) is 13.8 Å². The molecule has 0 aromatic heterocycles. The molecule has 0 unspecified atom stereocenters. The predicted molar refractivity (Wildman–Crippen MR) is 41.1 cm³/mol. The van der Waals surface area contributed by atoms with Crippen molar-refractivity contribution in [1.29, 1.82) is 0 Å². The molecule has 5 nitrogen and oxygen atoms in total. The van der Waals surface area contributed by atoms with E-state index in [1.54, 1.807) is 28.0 Å². The van der Waals surface area contributed by atoms with Crippen molar-refractivity contribution in [1.82, 2.24) is 10.3 Å². The Kier molecular flexibility index (Phi) is 3.91. The van der Waals surface area contributed by atoms with E-state index in [1.807, 2.05) is 0 Å². The third kappa shape index (κ3) is 3.64. The summed E-state index contributed by atoms with van der Waals surface area (Å²) in [4.78, 5) is 4.69. The molecule has 5 heteroatoms. The highest BCUT2D eigenvalue weighted by molar-refractivity contribution is 4.58. The van der Waals surface area contributed by atoms with Crippen LogP contribution < -0.4 is 0 Å². The van der Waals surface area contributed by atoms with E-state index < -0.39 is 5.72 Å². The molecule has 0 aliphatic heterocycles. The van der Waals surface area contributed by atoms with Crippen molar-refractivity contribution in [2.24, 2.45) is 0 Å². The van der Waals surface area contributed by atoms with Crippen molar-refractivity contribution < 1.29 is 9.68 Å². The molecule has 0 fully saturated rings. The molecule has 0 aromatic carbocycles. The summed E-state index contributed by atoms with van der Waals surface area (Å²) in [6.45, 7) is 3.58. The third-order valence-corrected chi connectivity index (χ3v) is 1.50. The first-order chi connectivity index (χ1) is 4.90. The minimum Gasteiger partial charge on any atom is -0.761 e. The zero-order chi connectivity index (χ0) is 9.07. The van der Waals surface area contributed by atoms with Gasteiger partial charge in [-0.3, -0.25) is 0 Å². The Morgan fingerprint density at radius 2 is 1.73 bits per heavy atom. The first kappa shape index (κ1) is 10.8. The Bertz CT molecular complexity index is 116. The van der Waals surface area contributed by atoms with E-state index in [2.05, 4.69) is 0 Å². The smallest absolute Gasteiger partial charge is 0.139 e. The van der Waals surface area contributed by atoms with Crippen LogP contribution in [0.2, 0.25) is 0 Å². The van der Waals surface area contributed by atoms with Crippen LogP contribution in [0.25, 0.3) is 0 Å². The molecule has 0 aliphatic rings. The van der Waals surface area contributed by atoms with Gasteiger partial charge in [-0.05, 0) is 13.8 Å². The van der Waals surface area contributed by atoms with Crippen LogP contribution in [0, 0.1) is 5.21 Å². The van der Waals surface area contributed by atoms with E-state index in [-0.39, 0.29) is 0 Å². The number of hydrogen-bond donors (Lipinski definition) is 0. The fourth-order valence-electron chi connectivity index (χ4n) is 0.399. The fraction of sp³-hybridized carbons (Fsp3) is 1.00. The highest BCUT2D eigenvalue weighted by Crippen LogP contribution is 2.12. The van der Waals surface area contributed by atoms with Crippen LogP contribution in [0.3, 0.4) is 0 Å². The minimum absolute atomic E-state index is 0.362. The average Bonchev–Trinajstić information content (AvgIpc) is 1.86. The van der Waals surface area contributed by atoms with E-state index in [9.17, 15) is 5.21 Å². The Morgan fingerprint density at radius 3 is 2.00 bits per heavy atom. The third-order valence-electron chi connectivity index (χ3n) is 1.50. The normalized spacial score (nSPS) is 13.1. The second-order valence-corrected chi connectivity index (χ2v) is 2.67. The molecule has 0 N–H and O–H groups in total. The number of hydroxylamine groups is 4. The van der Waals surface area contributed by atoms with Gasteiger partial charge in [-0.1, -0.05) is 0 Å². The molecule has 0 atom stereocenters. The van der Waals surface area contributed by atoms with Gasteiger partial charge in [0, 0.05) is 21.2 Å². The van der Waals surface area contributed by atoms with Crippen LogP contribution in [0.5, 0.6) is 0 Å². The van der Waals surface area contributed by atoms with Crippen molar-refractivity contribution in [3.8, 4) is 0 Å². The number of rotatable bonds is 4. The van der Waals surface area contributed by atoms with Gasteiger partial charge in [-0.15, -0.1) is 5.06 Å². The van der Waals surface area contributed by atoms with Crippen molar-refractivity contribution in [2.75, 3.05) is 21.2 Å². The summed E-state index contributed by atoms with van der Waals surface area (Å²) in [5.74, 6) is 0. The molecule has 0 heterocycles. The summed E-state index contributed by atoms with van der Waals surface area (Å²) >= 11 is 0. The van der Waals surface area contributed by atoms with E-state index >= 15 is 0 Å². The fourth-order valence-corrected chi connectivity index (χ4v) is 0.399. The van der Waals surface area contributed by atoms with Crippen molar-refractivity contribution in [3.05, 3.63) is 5.21 Å². The minimum atomic E-state index is -0.599. The Labute approximate surface area is 67.0 Å².